The van der Waals surface area contributed by atoms with E-state index in [1.54, 1.807) is 0 Å². The van der Waals surface area contributed by atoms with Gasteiger partial charge in [-0.05, 0) is 35.4 Å². The van der Waals surface area contributed by atoms with Crippen LogP contribution >= 0.6 is 0 Å². The SMILES string of the molecule is NC(=C\C=C\C=C(N)\C=C\c1ccccc1)/C=C/c1ccccc1. The highest BCUT2D eigenvalue weighted by Gasteiger charge is 1.85. The van der Waals surface area contributed by atoms with E-state index in [1.807, 2.05) is 109 Å². The Bertz CT molecular complexity index is 697. The molecule has 24 heavy (non-hydrogen) atoms. The van der Waals surface area contributed by atoms with Crippen molar-refractivity contribution in [3.63, 3.8) is 0 Å². The molecule has 0 atom stereocenters. The van der Waals surface area contributed by atoms with E-state index in [9.17, 15) is 0 Å². The summed E-state index contributed by atoms with van der Waals surface area (Å²) in [5.41, 5.74) is 15.5. The number of hydrogen-bond acceptors (Lipinski definition) is 2. The maximum Gasteiger partial charge on any atom is 0.0314 e. The van der Waals surface area contributed by atoms with E-state index in [-0.39, 0.29) is 0 Å². The molecule has 0 spiro atoms. The fourth-order valence-corrected chi connectivity index (χ4v) is 1.96. The molecule has 2 rings (SSSR count). The standard InChI is InChI=1S/C22H22N2/c23-21(17-15-19-9-3-1-4-10-19)13-7-8-14-22(24)18-16-20-11-5-2-6-12-20/h1-18H,23-24H2/b8-7+,17-15+,18-16+,21-13-,22-14-. The molecule has 0 aliphatic carbocycles. The Balaban J connectivity index is 1.88. The molecule has 120 valence electrons. The molecule has 0 unspecified atom stereocenters. The second kappa shape index (κ2) is 9.70. The lowest BCUT2D eigenvalue weighted by Crippen LogP contribution is -1.92. The van der Waals surface area contributed by atoms with Crippen molar-refractivity contribution in [3.05, 3.63) is 120 Å². The van der Waals surface area contributed by atoms with Crippen LogP contribution in [0.25, 0.3) is 12.2 Å². The van der Waals surface area contributed by atoms with Crippen molar-refractivity contribution < 1.29 is 0 Å². The monoisotopic (exact) mass is 314 g/mol. The van der Waals surface area contributed by atoms with Gasteiger partial charge in [0.15, 0.2) is 0 Å². The second-order valence-electron chi connectivity index (χ2n) is 5.21. The fraction of sp³-hybridized carbons (Fsp3) is 0. The molecule has 4 N–H and O–H groups in total. The normalized spacial score (nSPS) is 13.3. The number of rotatable bonds is 6. The third-order valence-electron chi connectivity index (χ3n) is 3.22. The lowest BCUT2D eigenvalue weighted by Gasteiger charge is -1.93. The summed E-state index contributed by atoms with van der Waals surface area (Å²) >= 11 is 0. The molecule has 0 aliphatic rings. The molecular formula is C22H22N2. The molecule has 2 nitrogen and oxygen atoms in total. The summed E-state index contributed by atoms with van der Waals surface area (Å²) in [4.78, 5) is 0. The Hall–Kier alpha value is -3.26. The highest BCUT2D eigenvalue weighted by molar-refractivity contribution is 5.53. The lowest BCUT2D eigenvalue weighted by atomic mass is 10.2. The first-order valence-electron chi connectivity index (χ1n) is 7.80. The third-order valence-corrected chi connectivity index (χ3v) is 3.22. The van der Waals surface area contributed by atoms with Crippen LogP contribution in [0.5, 0.6) is 0 Å². The molecule has 2 aromatic carbocycles. The van der Waals surface area contributed by atoms with Gasteiger partial charge in [0.2, 0.25) is 0 Å². The van der Waals surface area contributed by atoms with E-state index in [0.717, 1.165) is 11.1 Å². The Labute approximate surface area is 143 Å². The van der Waals surface area contributed by atoms with Gasteiger partial charge in [-0.15, -0.1) is 0 Å². The predicted molar refractivity (Wildman–Crippen MR) is 105 cm³/mol. The van der Waals surface area contributed by atoms with Crippen LogP contribution in [0.4, 0.5) is 0 Å². The zero-order chi connectivity index (χ0) is 17.0. The topological polar surface area (TPSA) is 52.0 Å². The number of hydrogen-bond donors (Lipinski definition) is 2. The van der Waals surface area contributed by atoms with Crippen LogP contribution in [0.15, 0.2) is 109 Å². The summed E-state index contributed by atoms with van der Waals surface area (Å²) in [7, 11) is 0. The predicted octanol–water partition coefficient (Wildman–Crippen LogP) is 4.65. The van der Waals surface area contributed by atoms with Crippen LogP contribution in [0, 0.1) is 0 Å². The summed E-state index contributed by atoms with van der Waals surface area (Å²) in [6.07, 6.45) is 15.1. The van der Waals surface area contributed by atoms with Crippen molar-refractivity contribution in [1.29, 1.82) is 0 Å². The average molecular weight is 314 g/mol. The van der Waals surface area contributed by atoms with E-state index < -0.39 is 0 Å². The fourth-order valence-electron chi connectivity index (χ4n) is 1.96. The second-order valence-corrected chi connectivity index (χ2v) is 5.21. The summed E-state index contributed by atoms with van der Waals surface area (Å²) in [5, 5.41) is 0. The molecule has 0 fully saturated rings. The molecule has 0 saturated carbocycles. The van der Waals surface area contributed by atoms with Crippen molar-refractivity contribution in [3.8, 4) is 0 Å². The van der Waals surface area contributed by atoms with E-state index in [4.69, 9.17) is 11.5 Å². The summed E-state index contributed by atoms with van der Waals surface area (Å²) in [5.74, 6) is 0. The number of nitrogens with two attached hydrogens (primary N) is 2. The van der Waals surface area contributed by atoms with Gasteiger partial charge in [-0.25, -0.2) is 0 Å². The van der Waals surface area contributed by atoms with Gasteiger partial charge < -0.3 is 11.5 Å². The Kier molecular flexibility index (Phi) is 6.91. The van der Waals surface area contributed by atoms with Gasteiger partial charge in [0.25, 0.3) is 0 Å². The van der Waals surface area contributed by atoms with Crippen molar-refractivity contribution in [2.24, 2.45) is 11.5 Å². The van der Waals surface area contributed by atoms with Gasteiger partial charge in [-0.3, -0.25) is 0 Å². The highest BCUT2D eigenvalue weighted by atomic mass is 14.6. The van der Waals surface area contributed by atoms with Gasteiger partial charge in [-0.1, -0.05) is 85.0 Å². The smallest absolute Gasteiger partial charge is 0.0314 e. The number of benzene rings is 2. The van der Waals surface area contributed by atoms with Crippen molar-refractivity contribution >= 4 is 12.2 Å². The zero-order valence-electron chi connectivity index (χ0n) is 13.5. The third kappa shape index (κ3) is 6.67. The van der Waals surface area contributed by atoms with Crippen molar-refractivity contribution in [1.82, 2.24) is 0 Å². The minimum absolute atomic E-state index is 0.682. The first kappa shape index (κ1) is 17.1. The molecule has 0 radical (unpaired) electrons. The quantitative estimate of drug-likeness (QED) is 0.762. The average Bonchev–Trinajstić information content (AvgIpc) is 2.63. The Morgan fingerprint density at radius 3 is 1.33 bits per heavy atom. The Morgan fingerprint density at radius 2 is 0.958 bits per heavy atom. The van der Waals surface area contributed by atoms with E-state index in [2.05, 4.69) is 0 Å². The van der Waals surface area contributed by atoms with Crippen LogP contribution in [0.1, 0.15) is 11.1 Å². The number of allylic oxidation sites excluding steroid dienone is 6. The van der Waals surface area contributed by atoms with Gasteiger partial charge in [0.1, 0.15) is 0 Å². The summed E-state index contributed by atoms with van der Waals surface area (Å²) in [6.45, 7) is 0. The van der Waals surface area contributed by atoms with E-state index >= 15 is 0 Å². The van der Waals surface area contributed by atoms with Crippen molar-refractivity contribution in [2.45, 2.75) is 0 Å². The maximum absolute atomic E-state index is 5.93. The van der Waals surface area contributed by atoms with Crippen LogP contribution in [-0.2, 0) is 0 Å². The molecule has 2 aromatic rings. The van der Waals surface area contributed by atoms with Gasteiger partial charge in [0, 0.05) is 11.4 Å². The molecule has 2 heteroatoms. The molecule has 0 saturated heterocycles. The Morgan fingerprint density at radius 1 is 0.583 bits per heavy atom. The highest BCUT2D eigenvalue weighted by Crippen LogP contribution is 2.04. The van der Waals surface area contributed by atoms with Crippen LogP contribution in [0.2, 0.25) is 0 Å². The lowest BCUT2D eigenvalue weighted by molar-refractivity contribution is 1.42. The molecule has 0 aliphatic heterocycles. The minimum atomic E-state index is 0.682. The largest absolute Gasteiger partial charge is 0.399 e. The van der Waals surface area contributed by atoms with Crippen LogP contribution < -0.4 is 11.5 Å². The van der Waals surface area contributed by atoms with E-state index in [1.165, 1.54) is 0 Å². The molecule has 0 heterocycles. The van der Waals surface area contributed by atoms with Crippen molar-refractivity contribution in [2.75, 3.05) is 0 Å². The van der Waals surface area contributed by atoms with Gasteiger partial charge >= 0.3 is 0 Å². The molecule has 0 amide bonds. The van der Waals surface area contributed by atoms with E-state index in [0.29, 0.717) is 11.4 Å². The molecule has 0 bridgehead atoms. The summed E-state index contributed by atoms with van der Waals surface area (Å²) in [6, 6.07) is 20.1. The first-order chi connectivity index (χ1) is 11.7. The summed E-state index contributed by atoms with van der Waals surface area (Å²) < 4.78 is 0. The van der Waals surface area contributed by atoms with Crippen LogP contribution in [-0.4, -0.2) is 0 Å². The van der Waals surface area contributed by atoms with Crippen LogP contribution in [0.3, 0.4) is 0 Å². The zero-order valence-corrected chi connectivity index (χ0v) is 13.5. The first-order valence-corrected chi connectivity index (χ1v) is 7.80. The van der Waals surface area contributed by atoms with Gasteiger partial charge in [0.05, 0.1) is 0 Å². The molecule has 0 aromatic heterocycles. The maximum atomic E-state index is 5.93. The molecular weight excluding hydrogens is 292 g/mol. The minimum Gasteiger partial charge on any atom is -0.399 e. The van der Waals surface area contributed by atoms with Gasteiger partial charge in [-0.2, -0.15) is 0 Å².